The first-order valence-corrected chi connectivity index (χ1v) is 14.2. The quantitative estimate of drug-likeness (QED) is 0.506. The number of rotatable bonds is 11. The number of amides is 2. The lowest BCUT2D eigenvalue weighted by atomic mass is 10.1. The summed E-state index contributed by atoms with van der Waals surface area (Å²) in [5, 5.41) is 3.10. The van der Waals surface area contributed by atoms with Crippen LogP contribution in [0.15, 0.2) is 54.6 Å². The Morgan fingerprint density at radius 3 is 2.29 bits per heavy atom. The van der Waals surface area contributed by atoms with Crippen LogP contribution in [0.5, 0.6) is 0 Å². The predicted octanol–water partition coefficient (Wildman–Crippen LogP) is 4.02. The van der Waals surface area contributed by atoms with Gasteiger partial charge in [-0.3, -0.25) is 13.9 Å². The van der Waals surface area contributed by atoms with Crippen LogP contribution in [0.2, 0.25) is 0 Å². The van der Waals surface area contributed by atoms with E-state index in [9.17, 15) is 18.0 Å². The molecule has 2 amide bonds. The molecule has 1 aliphatic rings. The van der Waals surface area contributed by atoms with E-state index in [1.807, 2.05) is 49.4 Å². The molecule has 2 aromatic carbocycles. The van der Waals surface area contributed by atoms with E-state index < -0.39 is 16.1 Å². The van der Waals surface area contributed by atoms with Crippen molar-refractivity contribution in [1.29, 1.82) is 0 Å². The maximum absolute atomic E-state index is 13.3. The fraction of sp³-hybridized carbons (Fsp3) is 0.481. The molecule has 1 atom stereocenters. The highest BCUT2D eigenvalue weighted by atomic mass is 32.2. The fourth-order valence-corrected chi connectivity index (χ4v) is 5.60. The number of carbonyl (C=O) groups is 2. The molecular weight excluding hydrogens is 462 g/mol. The van der Waals surface area contributed by atoms with E-state index in [4.69, 9.17) is 0 Å². The molecule has 190 valence electrons. The number of sulfonamides is 1. The van der Waals surface area contributed by atoms with E-state index in [-0.39, 0.29) is 30.8 Å². The first-order chi connectivity index (χ1) is 16.7. The Hall–Kier alpha value is -2.87. The number of benzene rings is 2. The SMILES string of the molecule is Cc1ccccc1N(CCCC(=O)N(Cc1ccccc1)[C@@H](C)C(=O)NC1CCCC1)S(C)(=O)=O. The molecule has 1 saturated carbocycles. The van der Waals surface area contributed by atoms with Crippen molar-refractivity contribution in [2.45, 2.75) is 71.0 Å². The van der Waals surface area contributed by atoms with Crippen molar-refractivity contribution in [3.63, 3.8) is 0 Å². The molecule has 0 bridgehead atoms. The molecule has 8 heteroatoms. The first-order valence-electron chi connectivity index (χ1n) is 12.3. The van der Waals surface area contributed by atoms with Gasteiger partial charge in [0, 0.05) is 25.6 Å². The average molecular weight is 500 g/mol. The number of hydrogen-bond acceptors (Lipinski definition) is 4. The fourth-order valence-electron chi connectivity index (χ4n) is 4.58. The minimum atomic E-state index is -3.51. The van der Waals surface area contributed by atoms with E-state index in [1.54, 1.807) is 24.0 Å². The van der Waals surface area contributed by atoms with Crippen molar-refractivity contribution < 1.29 is 18.0 Å². The second kappa shape index (κ2) is 12.2. The maximum atomic E-state index is 13.3. The lowest BCUT2D eigenvalue weighted by Crippen LogP contribution is -2.49. The van der Waals surface area contributed by atoms with Crippen LogP contribution in [0.1, 0.15) is 56.6 Å². The molecular formula is C27H37N3O4S. The van der Waals surface area contributed by atoms with Crippen molar-refractivity contribution in [3.8, 4) is 0 Å². The minimum Gasteiger partial charge on any atom is -0.352 e. The zero-order valence-electron chi connectivity index (χ0n) is 20.9. The van der Waals surface area contributed by atoms with Gasteiger partial charge in [0.15, 0.2) is 0 Å². The monoisotopic (exact) mass is 499 g/mol. The Bertz CT molecular complexity index is 1100. The van der Waals surface area contributed by atoms with Crippen LogP contribution in [0.25, 0.3) is 0 Å². The summed E-state index contributed by atoms with van der Waals surface area (Å²) in [6, 6.07) is 16.5. The normalized spacial score (nSPS) is 14.9. The summed E-state index contributed by atoms with van der Waals surface area (Å²) in [5.41, 5.74) is 2.42. The Labute approximate surface area is 209 Å². The third kappa shape index (κ3) is 7.56. The molecule has 0 radical (unpaired) electrons. The van der Waals surface area contributed by atoms with E-state index in [0.29, 0.717) is 18.7 Å². The molecule has 1 aliphatic carbocycles. The van der Waals surface area contributed by atoms with Gasteiger partial charge in [0.2, 0.25) is 21.8 Å². The Balaban J connectivity index is 1.70. The van der Waals surface area contributed by atoms with Gasteiger partial charge in [-0.1, -0.05) is 61.4 Å². The summed E-state index contributed by atoms with van der Waals surface area (Å²) in [6.45, 7) is 4.15. The summed E-state index contributed by atoms with van der Waals surface area (Å²) >= 11 is 0. The summed E-state index contributed by atoms with van der Waals surface area (Å²) in [5.74, 6) is -0.306. The third-order valence-electron chi connectivity index (χ3n) is 6.60. The highest BCUT2D eigenvalue weighted by Crippen LogP contribution is 2.23. The summed E-state index contributed by atoms with van der Waals surface area (Å²) < 4.78 is 26.3. The molecule has 0 aromatic heterocycles. The summed E-state index contributed by atoms with van der Waals surface area (Å²) in [6.07, 6.45) is 5.86. The zero-order valence-corrected chi connectivity index (χ0v) is 21.8. The molecule has 35 heavy (non-hydrogen) atoms. The van der Waals surface area contributed by atoms with Gasteiger partial charge in [-0.05, 0) is 50.3 Å². The van der Waals surface area contributed by atoms with Crippen LogP contribution >= 0.6 is 0 Å². The second-order valence-electron chi connectivity index (χ2n) is 9.40. The Morgan fingerprint density at radius 2 is 1.66 bits per heavy atom. The Kier molecular flexibility index (Phi) is 9.32. The lowest BCUT2D eigenvalue weighted by molar-refractivity contribution is -0.141. The predicted molar refractivity (Wildman–Crippen MR) is 139 cm³/mol. The van der Waals surface area contributed by atoms with Crippen molar-refractivity contribution in [3.05, 3.63) is 65.7 Å². The highest BCUT2D eigenvalue weighted by molar-refractivity contribution is 7.92. The number of anilines is 1. The van der Waals surface area contributed by atoms with Crippen LogP contribution in [0, 0.1) is 6.92 Å². The van der Waals surface area contributed by atoms with E-state index >= 15 is 0 Å². The van der Waals surface area contributed by atoms with Crippen LogP contribution in [-0.4, -0.2) is 50.0 Å². The van der Waals surface area contributed by atoms with E-state index in [2.05, 4.69) is 5.32 Å². The minimum absolute atomic E-state index is 0.140. The summed E-state index contributed by atoms with van der Waals surface area (Å²) in [7, 11) is -3.51. The molecule has 3 rings (SSSR count). The molecule has 1 fully saturated rings. The van der Waals surface area contributed by atoms with Crippen LogP contribution in [-0.2, 0) is 26.2 Å². The highest BCUT2D eigenvalue weighted by Gasteiger charge is 2.28. The number of para-hydroxylation sites is 1. The van der Waals surface area contributed by atoms with Crippen molar-refractivity contribution in [2.24, 2.45) is 0 Å². The van der Waals surface area contributed by atoms with Crippen LogP contribution in [0.3, 0.4) is 0 Å². The molecule has 2 aromatic rings. The second-order valence-corrected chi connectivity index (χ2v) is 11.3. The molecule has 0 unspecified atom stereocenters. The van der Waals surface area contributed by atoms with Gasteiger partial charge in [0.25, 0.3) is 0 Å². The number of hydrogen-bond donors (Lipinski definition) is 1. The van der Waals surface area contributed by atoms with Crippen molar-refractivity contribution in [1.82, 2.24) is 10.2 Å². The van der Waals surface area contributed by atoms with Crippen molar-refractivity contribution in [2.75, 3.05) is 17.1 Å². The third-order valence-corrected chi connectivity index (χ3v) is 7.78. The summed E-state index contributed by atoms with van der Waals surface area (Å²) in [4.78, 5) is 27.9. The maximum Gasteiger partial charge on any atom is 0.242 e. The Morgan fingerprint density at radius 1 is 1.03 bits per heavy atom. The van der Waals surface area contributed by atoms with Crippen LogP contribution < -0.4 is 9.62 Å². The smallest absolute Gasteiger partial charge is 0.242 e. The number of nitrogens with zero attached hydrogens (tertiary/aromatic N) is 2. The molecule has 1 N–H and O–H groups in total. The topological polar surface area (TPSA) is 86.8 Å². The van der Waals surface area contributed by atoms with Gasteiger partial charge in [-0.15, -0.1) is 0 Å². The molecule has 7 nitrogen and oxygen atoms in total. The molecule has 0 saturated heterocycles. The first kappa shape index (κ1) is 26.7. The van der Waals surface area contributed by atoms with Gasteiger partial charge in [-0.25, -0.2) is 8.42 Å². The zero-order chi connectivity index (χ0) is 25.4. The molecule has 0 spiro atoms. The van der Waals surface area contributed by atoms with Gasteiger partial charge >= 0.3 is 0 Å². The number of aryl methyl sites for hydroxylation is 1. The van der Waals surface area contributed by atoms with Gasteiger partial charge in [-0.2, -0.15) is 0 Å². The average Bonchev–Trinajstić information content (AvgIpc) is 3.33. The molecule has 0 aliphatic heterocycles. The van der Waals surface area contributed by atoms with Crippen LogP contribution in [0.4, 0.5) is 5.69 Å². The van der Waals surface area contributed by atoms with E-state index in [0.717, 1.165) is 36.8 Å². The number of carbonyl (C=O) groups excluding carboxylic acids is 2. The standard InChI is InChI=1S/C27H37N3O4S/c1-21-12-7-10-17-25(21)30(35(3,33)34)19-11-18-26(31)29(20-23-13-5-4-6-14-23)22(2)27(32)28-24-15-8-9-16-24/h4-7,10,12-14,17,22,24H,8-9,11,15-16,18-20H2,1-3H3,(H,28,32)/t22-/m0/s1. The number of nitrogens with one attached hydrogen (secondary N) is 1. The molecule has 0 heterocycles. The van der Waals surface area contributed by atoms with Crippen molar-refractivity contribution >= 4 is 27.5 Å². The van der Waals surface area contributed by atoms with Gasteiger partial charge < -0.3 is 10.2 Å². The van der Waals surface area contributed by atoms with Gasteiger partial charge in [0.1, 0.15) is 6.04 Å². The van der Waals surface area contributed by atoms with E-state index in [1.165, 1.54) is 10.6 Å². The largest absolute Gasteiger partial charge is 0.352 e. The van der Waals surface area contributed by atoms with Gasteiger partial charge in [0.05, 0.1) is 11.9 Å². The lowest BCUT2D eigenvalue weighted by Gasteiger charge is -2.30.